The molecule has 0 amide bonds. The lowest BCUT2D eigenvalue weighted by molar-refractivity contribution is 0.0188. The van der Waals surface area contributed by atoms with Crippen LogP contribution in [0.25, 0.3) is 0 Å². The number of benzene rings is 1. The van der Waals surface area contributed by atoms with Crippen LogP contribution in [0.4, 0.5) is 0 Å². The minimum atomic E-state index is -1.10. The number of ketones is 1. The van der Waals surface area contributed by atoms with Crippen LogP contribution in [0.1, 0.15) is 28.9 Å². The predicted octanol–water partition coefficient (Wildman–Crippen LogP) is 0.511. The van der Waals surface area contributed by atoms with Crippen molar-refractivity contribution in [1.82, 2.24) is 5.32 Å². The molecule has 1 aromatic carbocycles. The summed E-state index contributed by atoms with van der Waals surface area (Å²) < 4.78 is 5.13. The maximum absolute atomic E-state index is 11.3. The highest BCUT2D eigenvalue weighted by molar-refractivity contribution is 5.94. The van der Waals surface area contributed by atoms with Crippen LogP contribution in [0.5, 0.6) is 5.75 Å². The van der Waals surface area contributed by atoms with Gasteiger partial charge in [0, 0.05) is 17.7 Å². The molecule has 2 unspecified atom stereocenters. The molecule has 0 aliphatic rings. The van der Waals surface area contributed by atoms with Crippen molar-refractivity contribution in [2.24, 2.45) is 0 Å². The quantitative estimate of drug-likeness (QED) is 0.644. The fourth-order valence-corrected chi connectivity index (χ4v) is 1.71. The average Bonchev–Trinajstić information content (AvgIpc) is 2.37. The van der Waals surface area contributed by atoms with Crippen molar-refractivity contribution in [2.75, 3.05) is 20.7 Å². The van der Waals surface area contributed by atoms with Gasteiger partial charge in [0.1, 0.15) is 11.9 Å². The molecule has 1 rings (SSSR count). The van der Waals surface area contributed by atoms with E-state index in [4.69, 9.17) is 4.74 Å². The first-order valence-corrected chi connectivity index (χ1v) is 5.70. The molecule has 0 saturated heterocycles. The van der Waals surface area contributed by atoms with Crippen LogP contribution in [0.15, 0.2) is 18.2 Å². The molecule has 5 nitrogen and oxygen atoms in total. The van der Waals surface area contributed by atoms with Crippen LogP contribution in [-0.4, -0.2) is 42.8 Å². The standard InChI is InChI=1S/C13H19NO4/c1-8(15)9-4-5-12(18-3)10(6-9)13(17)11(16)7-14-2/h4-6,11,13-14,16-17H,7H2,1-3H3. The number of carbonyl (C=O) groups is 1. The number of Topliss-reactive ketones (excluding diaryl/α,β-unsaturated/α-hetero) is 1. The number of hydrogen-bond donors (Lipinski definition) is 3. The molecule has 0 heterocycles. The van der Waals surface area contributed by atoms with Crippen molar-refractivity contribution in [1.29, 1.82) is 0 Å². The SMILES string of the molecule is CNCC(O)C(O)c1cc(C(C)=O)ccc1OC. The fraction of sp³-hybridized carbons (Fsp3) is 0.462. The van der Waals surface area contributed by atoms with Crippen molar-refractivity contribution in [2.45, 2.75) is 19.1 Å². The molecular formula is C13H19NO4. The summed E-state index contributed by atoms with van der Waals surface area (Å²) in [4.78, 5) is 11.3. The predicted molar refractivity (Wildman–Crippen MR) is 67.9 cm³/mol. The summed E-state index contributed by atoms with van der Waals surface area (Å²) in [5.74, 6) is 0.344. The molecular weight excluding hydrogens is 234 g/mol. The lowest BCUT2D eigenvalue weighted by atomic mass is 9.99. The Kier molecular flexibility index (Phi) is 5.27. The summed E-state index contributed by atoms with van der Waals surface area (Å²) in [6.07, 6.45) is -2.07. The summed E-state index contributed by atoms with van der Waals surface area (Å²) in [5.41, 5.74) is 0.884. The Morgan fingerprint density at radius 3 is 2.61 bits per heavy atom. The fourth-order valence-electron chi connectivity index (χ4n) is 1.71. The van der Waals surface area contributed by atoms with Crippen LogP contribution in [0, 0.1) is 0 Å². The molecule has 0 radical (unpaired) electrons. The Morgan fingerprint density at radius 1 is 1.44 bits per heavy atom. The highest BCUT2D eigenvalue weighted by Gasteiger charge is 2.22. The second-order valence-corrected chi connectivity index (χ2v) is 4.08. The maximum atomic E-state index is 11.3. The topological polar surface area (TPSA) is 78.8 Å². The Bertz CT molecular complexity index is 419. The first kappa shape index (κ1) is 14.6. The zero-order chi connectivity index (χ0) is 13.7. The number of rotatable bonds is 6. The van der Waals surface area contributed by atoms with E-state index in [1.807, 2.05) is 0 Å². The Labute approximate surface area is 106 Å². The van der Waals surface area contributed by atoms with E-state index in [0.29, 0.717) is 16.9 Å². The number of ether oxygens (including phenoxy) is 1. The van der Waals surface area contributed by atoms with Gasteiger partial charge in [0.25, 0.3) is 0 Å². The maximum Gasteiger partial charge on any atom is 0.159 e. The van der Waals surface area contributed by atoms with E-state index in [1.165, 1.54) is 14.0 Å². The van der Waals surface area contributed by atoms with Gasteiger partial charge in [0.05, 0.1) is 13.2 Å². The monoisotopic (exact) mass is 253 g/mol. The van der Waals surface area contributed by atoms with Crippen molar-refractivity contribution in [3.05, 3.63) is 29.3 Å². The first-order chi connectivity index (χ1) is 8.51. The normalized spacial score (nSPS) is 14.1. The van der Waals surface area contributed by atoms with E-state index in [-0.39, 0.29) is 12.3 Å². The number of methoxy groups -OCH3 is 1. The van der Waals surface area contributed by atoms with E-state index >= 15 is 0 Å². The largest absolute Gasteiger partial charge is 0.496 e. The van der Waals surface area contributed by atoms with Gasteiger partial charge in [-0.05, 0) is 32.2 Å². The highest BCUT2D eigenvalue weighted by Crippen LogP contribution is 2.28. The molecule has 0 aliphatic heterocycles. The van der Waals surface area contributed by atoms with Gasteiger partial charge in [-0.15, -0.1) is 0 Å². The van der Waals surface area contributed by atoms with Crippen LogP contribution >= 0.6 is 0 Å². The van der Waals surface area contributed by atoms with E-state index in [0.717, 1.165) is 0 Å². The highest BCUT2D eigenvalue weighted by atomic mass is 16.5. The van der Waals surface area contributed by atoms with Crippen LogP contribution in [0.3, 0.4) is 0 Å². The molecule has 100 valence electrons. The van der Waals surface area contributed by atoms with Crippen LogP contribution in [-0.2, 0) is 0 Å². The number of hydrogen-bond acceptors (Lipinski definition) is 5. The summed E-state index contributed by atoms with van der Waals surface area (Å²) in [5, 5.41) is 22.6. The van der Waals surface area contributed by atoms with Crippen molar-refractivity contribution < 1.29 is 19.7 Å². The summed E-state index contributed by atoms with van der Waals surface area (Å²) in [6, 6.07) is 4.79. The number of likely N-dealkylation sites (N-methyl/N-ethyl adjacent to an activating group) is 1. The zero-order valence-electron chi connectivity index (χ0n) is 10.8. The first-order valence-electron chi connectivity index (χ1n) is 5.70. The van der Waals surface area contributed by atoms with E-state index in [2.05, 4.69) is 5.32 Å². The molecule has 0 aromatic heterocycles. The summed E-state index contributed by atoms with van der Waals surface area (Å²) in [7, 11) is 3.16. The van der Waals surface area contributed by atoms with Gasteiger partial charge in [0.15, 0.2) is 5.78 Å². The molecule has 0 bridgehead atoms. The van der Waals surface area contributed by atoms with Gasteiger partial charge >= 0.3 is 0 Å². The summed E-state index contributed by atoms with van der Waals surface area (Å²) >= 11 is 0. The average molecular weight is 253 g/mol. The molecule has 2 atom stereocenters. The molecule has 1 aromatic rings. The van der Waals surface area contributed by atoms with Gasteiger partial charge in [-0.1, -0.05) is 0 Å². The molecule has 18 heavy (non-hydrogen) atoms. The molecule has 0 spiro atoms. The van der Waals surface area contributed by atoms with Gasteiger partial charge in [-0.25, -0.2) is 0 Å². The summed E-state index contributed by atoms with van der Waals surface area (Å²) in [6.45, 7) is 1.69. The van der Waals surface area contributed by atoms with Crippen LogP contribution in [0.2, 0.25) is 0 Å². The molecule has 5 heteroatoms. The molecule has 0 fully saturated rings. The minimum absolute atomic E-state index is 0.103. The Balaban J connectivity index is 3.10. The van der Waals surface area contributed by atoms with E-state index in [9.17, 15) is 15.0 Å². The van der Waals surface area contributed by atoms with Gasteiger partial charge < -0.3 is 20.3 Å². The zero-order valence-corrected chi connectivity index (χ0v) is 10.8. The van der Waals surface area contributed by atoms with Crippen molar-refractivity contribution >= 4 is 5.78 Å². The third-order valence-electron chi connectivity index (χ3n) is 2.73. The smallest absolute Gasteiger partial charge is 0.159 e. The van der Waals surface area contributed by atoms with Gasteiger partial charge in [-0.3, -0.25) is 4.79 Å². The second-order valence-electron chi connectivity index (χ2n) is 4.08. The van der Waals surface area contributed by atoms with Crippen LogP contribution < -0.4 is 10.1 Å². The third kappa shape index (κ3) is 3.29. The number of carbonyl (C=O) groups excluding carboxylic acids is 1. The number of aliphatic hydroxyl groups is 2. The van der Waals surface area contributed by atoms with Gasteiger partial charge in [-0.2, -0.15) is 0 Å². The van der Waals surface area contributed by atoms with Crippen molar-refractivity contribution in [3.8, 4) is 5.75 Å². The third-order valence-corrected chi connectivity index (χ3v) is 2.73. The van der Waals surface area contributed by atoms with Gasteiger partial charge in [0.2, 0.25) is 0 Å². The lowest BCUT2D eigenvalue weighted by Crippen LogP contribution is -2.29. The molecule has 3 N–H and O–H groups in total. The van der Waals surface area contributed by atoms with E-state index in [1.54, 1.807) is 25.2 Å². The molecule has 0 saturated carbocycles. The Morgan fingerprint density at radius 2 is 2.11 bits per heavy atom. The van der Waals surface area contributed by atoms with Crippen molar-refractivity contribution in [3.63, 3.8) is 0 Å². The number of nitrogens with one attached hydrogen (secondary N) is 1. The van der Waals surface area contributed by atoms with E-state index < -0.39 is 12.2 Å². The Hall–Kier alpha value is -1.43. The molecule has 0 aliphatic carbocycles. The minimum Gasteiger partial charge on any atom is -0.496 e. The second kappa shape index (κ2) is 6.49. The lowest BCUT2D eigenvalue weighted by Gasteiger charge is -2.20. The number of aliphatic hydroxyl groups excluding tert-OH is 2.